The van der Waals surface area contributed by atoms with Gasteiger partial charge in [-0.15, -0.1) is 0 Å². The summed E-state index contributed by atoms with van der Waals surface area (Å²) in [4.78, 5) is 12.1. The predicted molar refractivity (Wildman–Crippen MR) is 187 cm³/mol. The van der Waals surface area contributed by atoms with Crippen molar-refractivity contribution in [3.8, 4) is 0 Å². The normalized spacial score (nSPS) is 19.0. The maximum Gasteiger partial charge on any atom is 0.426 e. The molecular weight excluding hydrogens is 1010 g/mol. The number of alkyl halides is 14. The Bertz CT molecular complexity index is 1820. The smallest absolute Gasteiger partial charge is 0.426 e. The number of ether oxygens (including phenoxy) is 2. The number of esters is 1. The third-order valence-corrected chi connectivity index (χ3v) is 13.2. The van der Waals surface area contributed by atoms with Gasteiger partial charge in [-0.1, -0.05) is 72.4 Å². The van der Waals surface area contributed by atoms with Crippen molar-refractivity contribution in [1.82, 2.24) is 0 Å². The van der Waals surface area contributed by atoms with Crippen molar-refractivity contribution in [3.05, 3.63) is 79.0 Å². The number of rotatable bonds is 11. The van der Waals surface area contributed by atoms with E-state index in [9.17, 15) is 89.4 Å². The number of carbonyl (C=O) groups excluding carboxylic acids is 1. The lowest BCUT2D eigenvalue weighted by Gasteiger charge is -2.48. The van der Waals surface area contributed by atoms with Crippen molar-refractivity contribution in [2.45, 2.75) is 119 Å². The minimum Gasteiger partial charge on any atom is -0.743 e. The van der Waals surface area contributed by atoms with Crippen LogP contribution >= 0.6 is 0 Å². The molecule has 2 atom stereocenters. The molecule has 1 fully saturated rings. The number of hydrogen-bond acceptors (Lipinski definition) is 8. The lowest BCUT2D eigenvalue weighted by Crippen LogP contribution is -3.61. The van der Waals surface area contributed by atoms with Gasteiger partial charge in [0.25, 0.3) is 11.2 Å². The van der Waals surface area contributed by atoms with E-state index in [-0.39, 0.29) is 32.0 Å². The SMILES string of the molecule is C=C(COCC(F)(F)S(=O)(=O)[O-])C(=O)OC1CC(C(O)(C(F)(F)F)C(F)(F)F)CC(C(O)(C(F)(F)F)C(F)(F)F)C1.CC(C)(C)c1ccc([I+]c2ccc(C(C)(C)C)cc2)cc1. The highest BCUT2D eigenvalue weighted by molar-refractivity contribution is 7.86. The fraction of sp³-hybridized carbons (Fsp3) is 0.605. The second-order valence-corrected chi connectivity index (χ2v) is 21.0. The molecule has 0 amide bonds. The summed E-state index contributed by atoms with van der Waals surface area (Å²) in [6, 6.07) is 18.4. The molecule has 24 heteroatoms. The molecule has 0 bridgehead atoms. The van der Waals surface area contributed by atoms with Crippen molar-refractivity contribution in [1.29, 1.82) is 0 Å². The van der Waals surface area contributed by atoms with Crippen molar-refractivity contribution in [2.75, 3.05) is 13.2 Å². The van der Waals surface area contributed by atoms with Gasteiger partial charge in [-0.05, 0) is 65.5 Å². The molecule has 1 aliphatic rings. The Morgan fingerprint density at radius 1 is 0.661 bits per heavy atom. The zero-order valence-electron chi connectivity index (χ0n) is 33.5. The standard InChI is InChI=1S/C20H26I.C18H18F14O8S/c1-19(2,3)15-7-11-17(12-8-15)21-18-13-9-16(10-14-18)20(4,5)6;1-7(5-39-6-12(19,20)41(36,37)38)11(33)40-10-3-8(13(34,15(21,22)23)16(24,25)26)2-9(4-10)14(35,17(27,28)29)18(30,31)32/h7-14H,1-6H3;8-10,34-35H,1-6H2,(H,36,37,38)/q+1;/p-1. The molecule has 8 nitrogen and oxygen atoms in total. The number of aliphatic hydroxyl groups is 2. The van der Waals surface area contributed by atoms with E-state index in [0.717, 1.165) is 0 Å². The van der Waals surface area contributed by atoms with E-state index in [1.54, 1.807) is 0 Å². The summed E-state index contributed by atoms with van der Waals surface area (Å²) in [5.74, 6) is -9.34. The van der Waals surface area contributed by atoms with Crippen molar-refractivity contribution < 1.29 is 120 Å². The van der Waals surface area contributed by atoms with Gasteiger partial charge in [0.2, 0.25) is 0 Å². The lowest BCUT2D eigenvalue weighted by molar-refractivity contribution is -0.597. The number of carbonyl (C=O) groups is 1. The van der Waals surface area contributed by atoms with Gasteiger partial charge in [-0.25, -0.2) is 13.2 Å². The van der Waals surface area contributed by atoms with Crippen molar-refractivity contribution in [2.24, 2.45) is 11.8 Å². The molecule has 0 spiro atoms. The van der Waals surface area contributed by atoms with Crippen molar-refractivity contribution >= 4 is 16.1 Å². The molecule has 3 rings (SSSR count). The monoisotopic (exact) mass is 1050 g/mol. The summed E-state index contributed by atoms with van der Waals surface area (Å²) in [5.41, 5.74) is -9.87. The Morgan fingerprint density at radius 3 is 1.26 bits per heavy atom. The fourth-order valence-electron chi connectivity index (χ4n) is 6.10. The van der Waals surface area contributed by atoms with Crippen LogP contribution in [-0.4, -0.2) is 89.6 Å². The summed E-state index contributed by atoms with van der Waals surface area (Å²) in [7, 11) is -6.30. The minimum atomic E-state index is -6.77. The van der Waals surface area contributed by atoms with E-state index < -0.39 is 113 Å². The Labute approximate surface area is 358 Å². The third-order valence-electron chi connectivity index (χ3n) is 9.69. The average molecular weight is 1050 g/mol. The fourth-order valence-corrected chi connectivity index (χ4v) is 8.49. The van der Waals surface area contributed by atoms with Crippen LogP contribution < -0.4 is 21.2 Å². The van der Waals surface area contributed by atoms with Crippen LogP contribution in [0.5, 0.6) is 0 Å². The molecule has 0 radical (unpaired) electrons. The molecule has 1 saturated carbocycles. The van der Waals surface area contributed by atoms with Crippen LogP contribution in [0.4, 0.5) is 61.5 Å². The largest absolute Gasteiger partial charge is 0.743 e. The van der Waals surface area contributed by atoms with Crippen LogP contribution in [0.15, 0.2) is 60.7 Å². The van der Waals surface area contributed by atoms with Gasteiger partial charge < -0.3 is 24.2 Å². The van der Waals surface area contributed by atoms with E-state index in [1.165, 1.54) is 18.3 Å². The molecule has 0 saturated heterocycles. The number of halogens is 15. The lowest BCUT2D eigenvalue weighted by atomic mass is 9.65. The van der Waals surface area contributed by atoms with Gasteiger partial charge in [0, 0.05) is 11.8 Å². The first kappa shape index (κ1) is 55.3. The Balaban J connectivity index is 0.000000523. The highest BCUT2D eigenvalue weighted by atomic mass is 127. The van der Waals surface area contributed by atoms with Crippen molar-refractivity contribution in [3.63, 3.8) is 0 Å². The predicted octanol–water partition coefficient (Wildman–Crippen LogP) is 6.15. The highest BCUT2D eigenvalue weighted by Gasteiger charge is 2.78. The topological polar surface area (TPSA) is 133 Å². The van der Waals surface area contributed by atoms with Gasteiger partial charge in [0.1, 0.15) is 12.7 Å². The Kier molecular flexibility index (Phi) is 16.9. The zero-order valence-corrected chi connectivity index (χ0v) is 36.5. The van der Waals surface area contributed by atoms with Gasteiger partial charge >= 0.3 is 57.1 Å². The molecule has 354 valence electrons. The van der Waals surface area contributed by atoms with Crippen LogP contribution in [0.1, 0.15) is 71.9 Å². The van der Waals surface area contributed by atoms with E-state index in [2.05, 4.69) is 106 Å². The summed E-state index contributed by atoms with van der Waals surface area (Å²) >= 11 is -0.0703. The minimum absolute atomic E-state index is 0.0703. The van der Waals surface area contributed by atoms with Crippen LogP contribution in [0.3, 0.4) is 0 Å². The maximum atomic E-state index is 13.4. The Hall–Kier alpha value is -2.81. The third kappa shape index (κ3) is 13.1. The first-order valence-electron chi connectivity index (χ1n) is 17.9. The average Bonchev–Trinajstić information content (AvgIpc) is 3.08. The Morgan fingerprint density at radius 2 is 0.984 bits per heavy atom. The van der Waals surface area contributed by atoms with Gasteiger partial charge in [-0.2, -0.15) is 61.5 Å². The molecule has 1 aliphatic carbocycles. The maximum absolute atomic E-state index is 13.4. The summed E-state index contributed by atoms with van der Waals surface area (Å²) in [6.45, 7) is 12.7. The molecule has 62 heavy (non-hydrogen) atoms. The molecule has 2 unspecified atom stereocenters. The molecule has 2 aromatic rings. The van der Waals surface area contributed by atoms with Gasteiger partial charge in [-0.3, -0.25) is 0 Å². The second kappa shape index (κ2) is 19.0. The molecule has 0 heterocycles. The number of hydrogen-bond donors (Lipinski definition) is 2. The second-order valence-electron chi connectivity index (χ2n) is 16.4. The summed E-state index contributed by atoms with van der Waals surface area (Å²) < 4.78 is 229. The van der Waals surface area contributed by atoms with Gasteiger partial charge in [0.05, 0.1) is 12.2 Å². The van der Waals surface area contributed by atoms with Gasteiger partial charge in [0.15, 0.2) is 17.3 Å². The molecule has 0 aliphatic heterocycles. The first-order valence-corrected chi connectivity index (χ1v) is 21.4. The van der Waals surface area contributed by atoms with E-state index >= 15 is 0 Å². The van der Waals surface area contributed by atoms with Crippen LogP contribution in [0, 0.1) is 19.0 Å². The molecule has 2 N–H and O–H groups in total. The first-order chi connectivity index (χ1) is 27.5. The van der Waals surface area contributed by atoms with Crippen LogP contribution in [0.25, 0.3) is 0 Å². The van der Waals surface area contributed by atoms with Crippen LogP contribution in [-0.2, 0) is 35.2 Å². The summed E-state index contributed by atoms with van der Waals surface area (Å²) in [6.07, 6.45) is -36.0. The summed E-state index contributed by atoms with van der Waals surface area (Å²) in [5, 5.41) is 14.1. The van der Waals surface area contributed by atoms with E-state index in [1.807, 2.05) is 0 Å². The quantitative estimate of drug-likeness (QED) is 0.0902. The molecule has 2 aromatic carbocycles. The zero-order chi connectivity index (χ0) is 48.5. The van der Waals surface area contributed by atoms with E-state index in [0.29, 0.717) is 0 Å². The van der Waals surface area contributed by atoms with Crippen LogP contribution in [0.2, 0.25) is 0 Å². The molecular formula is C38H43F14IO8S. The highest BCUT2D eigenvalue weighted by Crippen LogP contribution is 2.58. The van der Waals surface area contributed by atoms with E-state index in [4.69, 9.17) is 0 Å². The molecule has 0 aromatic heterocycles. The number of benzene rings is 2.